The zero-order valence-electron chi connectivity index (χ0n) is 11.3. The van der Waals surface area contributed by atoms with Crippen molar-refractivity contribution in [3.05, 3.63) is 11.3 Å². The summed E-state index contributed by atoms with van der Waals surface area (Å²) in [5.74, 6) is 1.89. The Balaban J connectivity index is 1.90. The second kappa shape index (κ2) is 4.51. The number of nitrogens with zero attached hydrogens (tertiary/aromatic N) is 2. The van der Waals surface area contributed by atoms with Gasteiger partial charge in [0.1, 0.15) is 5.82 Å². The summed E-state index contributed by atoms with van der Waals surface area (Å²) in [6.45, 7) is 2.08. The van der Waals surface area contributed by atoms with Gasteiger partial charge >= 0.3 is 0 Å². The van der Waals surface area contributed by atoms with Crippen molar-refractivity contribution in [3.8, 4) is 0 Å². The van der Waals surface area contributed by atoms with E-state index in [1.165, 1.54) is 12.8 Å². The molecular weight excluding hydrogens is 262 g/mol. The Hall–Kier alpha value is -1.04. The van der Waals surface area contributed by atoms with Crippen LogP contribution in [0.3, 0.4) is 0 Å². The Kier molecular flexibility index (Phi) is 3.08. The molecule has 2 N–H and O–H groups in total. The van der Waals surface area contributed by atoms with Gasteiger partial charge in [0.2, 0.25) is 0 Å². The fourth-order valence-corrected chi connectivity index (χ4v) is 4.61. The lowest BCUT2D eigenvalue weighted by atomic mass is 10.1. The lowest BCUT2D eigenvalue weighted by Gasteiger charge is -2.10. The smallest absolute Gasteiger partial charge is 0.152 e. The van der Waals surface area contributed by atoms with Crippen LogP contribution in [0.5, 0.6) is 0 Å². The van der Waals surface area contributed by atoms with Gasteiger partial charge in [-0.05, 0) is 38.0 Å². The van der Waals surface area contributed by atoms with E-state index in [0.29, 0.717) is 12.2 Å². The van der Waals surface area contributed by atoms with E-state index in [-0.39, 0.29) is 17.5 Å². The van der Waals surface area contributed by atoms with E-state index < -0.39 is 9.84 Å². The van der Waals surface area contributed by atoms with E-state index in [2.05, 4.69) is 12.0 Å². The Labute approximate surface area is 114 Å². The van der Waals surface area contributed by atoms with E-state index >= 15 is 0 Å². The monoisotopic (exact) mass is 283 g/mol. The van der Waals surface area contributed by atoms with Crippen molar-refractivity contribution in [1.29, 1.82) is 0 Å². The first-order valence-corrected chi connectivity index (χ1v) is 8.88. The third kappa shape index (κ3) is 2.50. The summed E-state index contributed by atoms with van der Waals surface area (Å²) in [4.78, 5) is 0. The van der Waals surface area contributed by atoms with E-state index in [0.717, 1.165) is 30.0 Å². The Morgan fingerprint density at radius 3 is 2.63 bits per heavy atom. The normalized spacial score (nSPS) is 25.8. The molecule has 0 spiro atoms. The molecule has 6 heteroatoms. The second-order valence-electron chi connectivity index (χ2n) is 5.81. The number of sulfone groups is 1. The zero-order valence-corrected chi connectivity index (χ0v) is 12.1. The Bertz CT molecular complexity index is 587. The van der Waals surface area contributed by atoms with Crippen LogP contribution in [-0.2, 0) is 22.7 Å². The van der Waals surface area contributed by atoms with Gasteiger partial charge in [-0.3, -0.25) is 0 Å². The Morgan fingerprint density at radius 2 is 2.11 bits per heavy atom. The van der Waals surface area contributed by atoms with Crippen LogP contribution in [0.4, 0.5) is 5.82 Å². The molecule has 2 aliphatic rings. The number of aromatic nitrogens is 2. The van der Waals surface area contributed by atoms with Crippen LogP contribution in [0.25, 0.3) is 0 Å². The van der Waals surface area contributed by atoms with Crippen LogP contribution in [-0.4, -0.2) is 29.7 Å². The highest BCUT2D eigenvalue weighted by Gasteiger charge is 2.33. The number of hydrogen-bond donors (Lipinski definition) is 1. The molecular formula is C13H21N3O2S. The van der Waals surface area contributed by atoms with Crippen molar-refractivity contribution in [1.82, 2.24) is 9.78 Å². The van der Waals surface area contributed by atoms with Crippen LogP contribution < -0.4 is 5.73 Å². The van der Waals surface area contributed by atoms with Gasteiger partial charge in [-0.2, -0.15) is 5.10 Å². The van der Waals surface area contributed by atoms with Gasteiger partial charge in [0.05, 0.1) is 23.2 Å². The standard InChI is InChI=1S/C13H21N3O2S/c1-2-11-12(7-9-3-4-9)15-16(13(11)14)10-5-6-19(17,18)8-10/h9-10H,2-8,14H2,1H3. The summed E-state index contributed by atoms with van der Waals surface area (Å²) in [7, 11) is -2.90. The number of hydrogen-bond acceptors (Lipinski definition) is 4. The highest BCUT2D eigenvalue weighted by Crippen LogP contribution is 2.35. The molecule has 1 aromatic heterocycles. The maximum absolute atomic E-state index is 11.6. The average molecular weight is 283 g/mol. The van der Waals surface area contributed by atoms with E-state index in [4.69, 9.17) is 5.73 Å². The maximum atomic E-state index is 11.6. The van der Waals surface area contributed by atoms with Gasteiger partial charge in [0, 0.05) is 5.56 Å². The zero-order chi connectivity index (χ0) is 13.6. The first-order valence-electron chi connectivity index (χ1n) is 7.06. The molecule has 1 unspecified atom stereocenters. The van der Waals surface area contributed by atoms with E-state index in [1.807, 2.05) is 0 Å². The lowest BCUT2D eigenvalue weighted by Crippen LogP contribution is -2.15. The van der Waals surface area contributed by atoms with Crippen LogP contribution >= 0.6 is 0 Å². The lowest BCUT2D eigenvalue weighted by molar-refractivity contribution is 0.500. The van der Waals surface area contributed by atoms with Gasteiger partial charge in [0.15, 0.2) is 9.84 Å². The molecule has 0 amide bonds. The predicted molar refractivity (Wildman–Crippen MR) is 74.8 cm³/mol. The van der Waals surface area contributed by atoms with Gasteiger partial charge in [-0.15, -0.1) is 0 Å². The molecule has 3 rings (SSSR count). The molecule has 2 heterocycles. The molecule has 0 bridgehead atoms. The van der Waals surface area contributed by atoms with Crippen molar-refractivity contribution in [3.63, 3.8) is 0 Å². The van der Waals surface area contributed by atoms with Crippen LogP contribution in [0.1, 0.15) is 43.5 Å². The van der Waals surface area contributed by atoms with Crippen molar-refractivity contribution in [2.45, 2.75) is 45.1 Å². The summed E-state index contributed by atoms with van der Waals surface area (Å²) in [5.41, 5.74) is 8.40. The second-order valence-corrected chi connectivity index (χ2v) is 8.04. The molecule has 1 atom stereocenters. The quantitative estimate of drug-likeness (QED) is 0.904. The van der Waals surface area contributed by atoms with Crippen molar-refractivity contribution >= 4 is 15.7 Å². The molecule has 1 saturated heterocycles. The fourth-order valence-electron chi connectivity index (χ4n) is 2.92. The van der Waals surface area contributed by atoms with Gasteiger partial charge in [-0.25, -0.2) is 13.1 Å². The molecule has 106 valence electrons. The molecule has 0 aromatic carbocycles. The first-order chi connectivity index (χ1) is 9.00. The number of nitrogen functional groups attached to an aromatic ring is 1. The van der Waals surface area contributed by atoms with Gasteiger partial charge in [0.25, 0.3) is 0 Å². The molecule has 0 radical (unpaired) electrons. The van der Waals surface area contributed by atoms with Crippen molar-refractivity contribution in [2.24, 2.45) is 5.92 Å². The highest BCUT2D eigenvalue weighted by atomic mass is 32.2. The molecule has 1 saturated carbocycles. The largest absolute Gasteiger partial charge is 0.384 e. The summed E-state index contributed by atoms with van der Waals surface area (Å²) in [5, 5.41) is 4.64. The molecule has 5 nitrogen and oxygen atoms in total. The SMILES string of the molecule is CCc1c(CC2CC2)nn(C2CCS(=O)(=O)C2)c1N. The fraction of sp³-hybridized carbons (Fsp3) is 0.769. The number of nitrogens with two attached hydrogens (primary N) is 1. The summed E-state index contributed by atoms with van der Waals surface area (Å²) >= 11 is 0. The van der Waals surface area contributed by atoms with Gasteiger partial charge in [-0.1, -0.05) is 6.92 Å². The third-order valence-electron chi connectivity index (χ3n) is 4.22. The summed E-state index contributed by atoms with van der Waals surface area (Å²) in [6.07, 6.45) is 5.08. The van der Waals surface area contributed by atoms with Crippen LogP contribution in [0.15, 0.2) is 0 Å². The van der Waals surface area contributed by atoms with Crippen LogP contribution in [0, 0.1) is 5.92 Å². The highest BCUT2D eigenvalue weighted by molar-refractivity contribution is 7.91. The van der Waals surface area contributed by atoms with E-state index in [1.54, 1.807) is 4.68 Å². The molecule has 1 aliphatic carbocycles. The minimum atomic E-state index is -2.90. The van der Waals surface area contributed by atoms with Gasteiger partial charge < -0.3 is 5.73 Å². The predicted octanol–water partition coefficient (Wildman–Crippen LogP) is 1.34. The first kappa shape index (κ1) is 13.0. The minimum Gasteiger partial charge on any atom is -0.384 e. The summed E-state index contributed by atoms with van der Waals surface area (Å²) in [6, 6.07) is -0.0664. The number of anilines is 1. The van der Waals surface area contributed by atoms with Crippen LogP contribution in [0.2, 0.25) is 0 Å². The van der Waals surface area contributed by atoms with Crippen molar-refractivity contribution in [2.75, 3.05) is 17.2 Å². The molecule has 2 fully saturated rings. The third-order valence-corrected chi connectivity index (χ3v) is 5.97. The topological polar surface area (TPSA) is 78.0 Å². The van der Waals surface area contributed by atoms with Crippen molar-refractivity contribution < 1.29 is 8.42 Å². The number of rotatable bonds is 4. The Morgan fingerprint density at radius 1 is 1.37 bits per heavy atom. The molecule has 1 aliphatic heterocycles. The maximum Gasteiger partial charge on any atom is 0.152 e. The molecule has 19 heavy (non-hydrogen) atoms. The minimum absolute atomic E-state index is 0.0664. The van der Waals surface area contributed by atoms with E-state index in [9.17, 15) is 8.42 Å². The summed E-state index contributed by atoms with van der Waals surface area (Å²) < 4.78 is 25.0. The molecule has 1 aromatic rings. The average Bonchev–Trinajstić information content (AvgIpc) is 3.00.